The van der Waals surface area contributed by atoms with Gasteiger partial charge in [0.2, 0.25) is 0 Å². The third kappa shape index (κ3) is 5.69. The fraction of sp³-hybridized carbons (Fsp3) is 0.100. The standard InChI is InChI=1S/C20H15F3N2O4.Li.H/c1-28-14-4-2-3-12(9-14)13-5-6-16(18(10-13)29-20(21,22)23)25-17-11-24-8-7-15(17)19(26)27;;/h2-11,25H,1H3,(H,26,27);;. The number of halogens is 3. The number of alkyl halides is 3. The Morgan fingerprint density at radius 3 is 2.47 bits per heavy atom. The van der Waals surface area contributed by atoms with Gasteiger partial charge in [-0.1, -0.05) is 18.2 Å². The summed E-state index contributed by atoms with van der Waals surface area (Å²) in [5.74, 6) is -1.22. The van der Waals surface area contributed by atoms with Crippen LogP contribution < -0.4 is 14.8 Å². The van der Waals surface area contributed by atoms with E-state index in [9.17, 15) is 23.1 Å². The molecule has 0 amide bonds. The number of pyridine rings is 1. The van der Waals surface area contributed by atoms with Crippen LogP contribution in [0.1, 0.15) is 10.4 Å². The van der Waals surface area contributed by atoms with Crippen LogP contribution in [0.3, 0.4) is 0 Å². The number of nitrogens with one attached hydrogen (secondary N) is 1. The molecule has 0 aliphatic heterocycles. The van der Waals surface area contributed by atoms with Crippen LogP contribution in [0.5, 0.6) is 11.5 Å². The summed E-state index contributed by atoms with van der Waals surface area (Å²) in [6, 6.07) is 12.2. The van der Waals surface area contributed by atoms with Gasteiger partial charge in [0.15, 0.2) is 5.75 Å². The topological polar surface area (TPSA) is 80.7 Å². The molecule has 1 heterocycles. The monoisotopic (exact) mass is 412 g/mol. The van der Waals surface area contributed by atoms with Gasteiger partial charge in [-0.15, -0.1) is 13.2 Å². The summed E-state index contributed by atoms with van der Waals surface area (Å²) in [6.45, 7) is 0. The first kappa shape index (κ1) is 23.1. The minimum atomic E-state index is -4.94. The van der Waals surface area contributed by atoms with Crippen molar-refractivity contribution >= 4 is 36.2 Å². The maximum absolute atomic E-state index is 12.9. The van der Waals surface area contributed by atoms with Gasteiger partial charge in [0.1, 0.15) is 5.75 Å². The molecule has 6 nitrogen and oxygen atoms in total. The number of anilines is 2. The summed E-state index contributed by atoms with van der Waals surface area (Å²) >= 11 is 0. The van der Waals surface area contributed by atoms with Gasteiger partial charge in [-0.3, -0.25) is 4.98 Å². The molecule has 3 rings (SSSR count). The van der Waals surface area contributed by atoms with E-state index < -0.39 is 18.1 Å². The van der Waals surface area contributed by atoms with Gasteiger partial charge < -0.3 is 19.9 Å². The van der Waals surface area contributed by atoms with Gasteiger partial charge in [0.05, 0.1) is 30.2 Å². The molecule has 0 aliphatic carbocycles. The third-order valence-corrected chi connectivity index (χ3v) is 3.93. The Balaban J connectivity index is 0.00000320. The molecule has 10 heteroatoms. The second kappa shape index (κ2) is 9.56. The number of carboxylic acid groups (broad SMARTS) is 1. The second-order valence-corrected chi connectivity index (χ2v) is 5.84. The Hall–Kier alpha value is -3.15. The van der Waals surface area contributed by atoms with Crippen LogP contribution in [-0.2, 0) is 0 Å². The van der Waals surface area contributed by atoms with Gasteiger partial charge in [-0.05, 0) is 41.5 Å². The summed E-state index contributed by atoms with van der Waals surface area (Å²) in [5, 5.41) is 11.9. The molecular weight excluding hydrogens is 396 g/mol. The number of methoxy groups -OCH3 is 1. The summed E-state index contributed by atoms with van der Waals surface area (Å²) in [5.41, 5.74) is 0.898. The van der Waals surface area contributed by atoms with E-state index in [1.54, 1.807) is 30.3 Å². The van der Waals surface area contributed by atoms with Gasteiger partial charge in [0.25, 0.3) is 0 Å². The molecule has 0 saturated heterocycles. The van der Waals surface area contributed by atoms with Crippen molar-refractivity contribution in [1.29, 1.82) is 0 Å². The average molecular weight is 412 g/mol. The summed E-state index contributed by atoms with van der Waals surface area (Å²) in [7, 11) is 1.48. The number of aromatic nitrogens is 1. The summed E-state index contributed by atoms with van der Waals surface area (Å²) < 4.78 is 48.1. The Labute approximate surface area is 181 Å². The third-order valence-electron chi connectivity index (χ3n) is 3.93. The second-order valence-electron chi connectivity index (χ2n) is 5.84. The average Bonchev–Trinajstić information content (AvgIpc) is 2.68. The maximum atomic E-state index is 12.9. The molecule has 0 fully saturated rings. The van der Waals surface area contributed by atoms with Crippen LogP contribution in [0.25, 0.3) is 11.1 Å². The normalized spacial score (nSPS) is 10.7. The van der Waals surface area contributed by atoms with Crippen molar-refractivity contribution in [3.8, 4) is 22.6 Å². The van der Waals surface area contributed by atoms with Crippen molar-refractivity contribution in [2.45, 2.75) is 6.36 Å². The minimum absolute atomic E-state index is 0. The van der Waals surface area contributed by atoms with Crippen LogP contribution in [0.15, 0.2) is 60.9 Å². The number of carboxylic acids is 1. The van der Waals surface area contributed by atoms with Crippen molar-refractivity contribution in [3.05, 3.63) is 66.5 Å². The molecule has 0 unspecified atom stereocenters. The number of ether oxygens (including phenoxy) is 2. The number of nitrogens with zero attached hydrogens (tertiary/aromatic N) is 1. The number of hydrogen-bond donors (Lipinski definition) is 2. The zero-order chi connectivity index (χ0) is 21.0. The summed E-state index contributed by atoms with van der Waals surface area (Å²) in [6.07, 6.45) is -2.46. The van der Waals surface area contributed by atoms with Crippen LogP contribution in [0.4, 0.5) is 24.5 Å². The van der Waals surface area contributed by atoms with E-state index in [1.807, 2.05) is 0 Å². The molecular formula is C20H16F3LiN2O4. The molecule has 1 aromatic heterocycles. The molecule has 0 atom stereocenters. The molecule has 0 radical (unpaired) electrons. The molecule has 2 aromatic carbocycles. The van der Waals surface area contributed by atoms with E-state index in [0.717, 1.165) is 0 Å². The van der Waals surface area contributed by atoms with E-state index in [-0.39, 0.29) is 35.8 Å². The van der Waals surface area contributed by atoms with Crippen molar-refractivity contribution in [1.82, 2.24) is 4.98 Å². The van der Waals surface area contributed by atoms with Crippen LogP contribution >= 0.6 is 0 Å². The Morgan fingerprint density at radius 1 is 1.07 bits per heavy atom. The number of benzene rings is 2. The van der Waals surface area contributed by atoms with E-state index >= 15 is 0 Å². The van der Waals surface area contributed by atoms with Crippen LogP contribution in [-0.4, -0.2) is 48.4 Å². The Bertz CT molecular complexity index is 1040. The fourth-order valence-electron chi connectivity index (χ4n) is 2.64. The number of rotatable bonds is 6. The van der Waals surface area contributed by atoms with E-state index in [2.05, 4.69) is 15.0 Å². The molecule has 152 valence electrons. The molecule has 0 spiro atoms. The quantitative estimate of drug-likeness (QED) is 0.583. The first-order valence-electron chi connectivity index (χ1n) is 8.25. The number of aromatic carboxylic acids is 1. The predicted octanol–water partition coefficient (Wildman–Crippen LogP) is 4.45. The Morgan fingerprint density at radius 2 is 1.80 bits per heavy atom. The summed E-state index contributed by atoms with van der Waals surface area (Å²) in [4.78, 5) is 15.1. The van der Waals surface area contributed by atoms with Gasteiger partial charge in [0, 0.05) is 6.20 Å². The molecule has 0 bridgehead atoms. The van der Waals surface area contributed by atoms with E-state index in [0.29, 0.717) is 16.9 Å². The molecule has 0 aliphatic rings. The molecule has 2 N–H and O–H groups in total. The predicted molar refractivity (Wildman–Crippen MR) is 107 cm³/mol. The molecule has 30 heavy (non-hydrogen) atoms. The van der Waals surface area contributed by atoms with Gasteiger partial charge >= 0.3 is 31.2 Å². The van der Waals surface area contributed by atoms with Crippen LogP contribution in [0.2, 0.25) is 0 Å². The van der Waals surface area contributed by atoms with E-state index in [4.69, 9.17) is 4.74 Å². The van der Waals surface area contributed by atoms with Crippen molar-refractivity contribution in [2.24, 2.45) is 0 Å². The molecule has 0 saturated carbocycles. The number of carbonyl (C=O) groups is 1. The SMILES string of the molecule is COc1cccc(-c2ccc(Nc3cnccc3C(=O)O)c(OC(F)(F)F)c2)c1.[LiH]. The molecule has 3 aromatic rings. The zero-order valence-electron chi connectivity index (χ0n) is 15.0. The fourth-order valence-corrected chi connectivity index (χ4v) is 2.64. The van der Waals surface area contributed by atoms with Gasteiger partial charge in [-0.25, -0.2) is 4.79 Å². The zero-order valence-corrected chi connectivity index (χ0v) is 15.0. The van der Waals surface area contributed by atoms with Crippen molar-refractivity contribution < 1.29 is 32.5 Å². The first-order valence-corrected chi connectivity index (χ1v) is 8.25. The van der Waals surface area contributed by atoms with Crippen molar-refractivity contribution in [3.63, 3.8) is 0 Å². The van der Waals surface area contributed by atoms with Crippen molar-refractivity contribution in [2.75, 3.05) is 12.4 Å². The Kier molecular flexibility index (Phi) is 7.37. The first-order chi connectivity index (χ1) is 13.8. The van der Waals surface area contributed by atoms with Crippen LogP contribution in [0, 0.1) is 0 Å². The van der Waals surface area contributed by atoms with E-state index in [1.165, 1.54) is 37.7 Å². The van der Waals surface area contributed by atoms with Gasteiger partial charge in [-0.2, -0.15) is 0 Å². The number of hydrogen-bond acceptors (Lipinski definition) is 5.